The van der Waals surface area contributed by atoms with Crippen LogP contribution in [0.4, 0.5) is 10.1 Å². The van der Waals surface area contributed by atoms with Crippen molar-refractivity contribution in [3.63, 3.8) is 0 Å². The summed E-state index contributed by atoms with van der Waals surface area (Å²) in [5, 5.41) is 14.7. The second kappa shape index (κ2) is 9.01. The van der Waals surface area contributed by atoms with Crippen LogP contribution in [0.15, 0.2) is 66.3 Å². The van der Waals surface area contributed by atoms with E-state index in [0.717, 1.165) is 5.56 Å². The number of carbonyl (C=O) groups is 2. The largest absolute Gasteiger partial charge is 0.368 e. The van der Waals surface area contributed by atoms with Crippen molar-refractivity contribution in [1.82, 2.24) is 4.90 Å². The quantitative estimate of drug-likeness (QED) is 0.714. The monoisotopic (exact) mass is 405 g/mol. The Balaban J connectivity index is 1.87. The zero-order chi connectivity index (χ0) is 21.7. The zero-order valence-corrected chi connectivity index (χ0v) is 16.2. The standard InChI is InChI=1S/C22H20FN5O2/c1-2-10-27(14-16-5-3-4-15(11-16)13-24)22(30)19-12-20(21(25)29)28(26-19)18-8-6-17(23)7-9-18/h2-9,11,20H,1,10,12,14H2,(H2,25,29). The number of rotatable bonds is 7. The van der Waals surface area contributed by atoms with Crippen LogP contribution in [0.25, 0.3) is 0 Å². The number of anilines is 1. The molecule has 0 saturated carbocycles. The highest BCUT2D eigenvalue weighted by atomic mass is 19.1. The first-order chi connectivity index (χ1) is 14.4. The van der Waals surface area contributed by atoms with Crippen LogP contribution in [-0.2, 0) is 16.1 Å². The first kappa shape index (κ1) is 20.7. The van der Waals surface area contributed by atoms with E-state index in [2.05, 4.69) is 17.7 Å². The summed E-state index contributed by atoms with van der Waals surface area (Å²) in [6, 6.07) is 13.6. The second-order valence-corrected chi connectivity index (χ2v) is 6.78. The summed E-state index contributed by atoms with van der Waals surface area (Å²) in [4.78, 5) is 26.6. The minimum atomic E-state index is -0.845. The highest BCUT2D eigenvalue weighted by Crippen LogP contribution is 2.25. The molecule has 0 aliphatic carbocycles. The van der Waals surface area contributed by atoms with Gasteiger partial charge in [-0.1, -0.05) is 18.2 Å². The lowest BCUT2D eigenvalue weighted by molar-refractivity contribution is -0.124. The van der Waals surface area contributed by atoms with E-state index in [4.69, 9.17) is 11.0 Å². The molecule has 0 radical (unpaired) electrons. The zero-order valence-electron chi connectivity index (χ0n) is 16.2. The van der Waals surface area contributed by atoms with Crippen LogP contribution in [0.3, 0.4) is 0 Å². The fourth-order valence-corrected chi connectivity index (χ4v) is 3.21. The molecule has 1 heterocycles. The molecule has 0 bridgehead atoms. The third-order valence-electron chi connectivity index (χ3n) is 4.64. The Morgan fingerprint density at radius 3 is 2.70 bits per heavy atom. The van der Waals surface area contributed by atoms with Gasteiger partial charge in [-0.3, -0.25) is 14.6 Å². The topological polar surface area (TPSA) is 103 Å². The van der Waals surface area contributed by atoms with Crippen molar-refractivity contribution in [2.24, 2.45) is 10.8 Å². The van der Waals surface area contributed by atoms with E-state index in [-0.39, 0.29) is 31.1 Å². The summed E-state index contributed by atoms with van der Waals surface area (Å²) in [6.07, 6.45) is 1.63. The van der Waals surface area contributed by atoms with Gasteiger partial charge in [0.25, 0.3) is 5.91 Å². The van der Waals surface area contributed by atoms with Gasteiger partial charge in [-0.2, -0.15) is 10.4 Å². The van der Waals surface area contributed by atoms with Crippen LogP contribution in [0.2, 0.25) is 0 Å². The van der Waals surface area contributed by atoms with Gasteiger partial charge in [0.05, 0.1) is 17.3 Å². The predicted octanol–water partition coefficient (Wildman–Crippen LogP) is 2.33. The minimum absolute atomic E-state index is 0.0391. The van der Waals surface area contributed by atoms with Gasteiger partial charge in [0.15, 0.2) is 0 Å². The molecular weight excluding hydrogens is 385 g/mol. The van der Waals surface area contributed by atoms with Gasteiger partial charge in [-0.25, -0.2) is 4.39 Å². The van der Waals surface area contributed by atoms with E-state index < -0.39 is 17.8 Å². The Kier molecular flexibility index (Phi) is 6.23. The number of hydrogen-bond acceptors (Lipinski definition) is 5. The van der Waals surface area contributed by atoms with Gasteiger partial charge in [0.1, 0.15) is 17.6 Å². The van der Waals surface area contributed by atoms with E-state index in [1.54, 1.807) is 24.3 Å². The third kappa shape index (κ3) is 4.52. The third-order valence-corrected chi connectivity index (χ3v) is 4.64. The van der Waals surface area contributed by atoms with Gasteiger partial charge >= 0.3 is 0 Å². The van der Waals surface area contributed by atoms with Crippen molar-refractivity contribution in [3.05, 3.63) is 78.1 Å². The number of nitrogens with two attached hydrogens (primary N) is 1. The van der Waals surface area contributed by atoms with E-state index >= 15 is 0 Å². The molecule has 0 spiro atoms. The highest BCUT2D eigenvalue weighted by molar-refractivity contribution is 6.40. The Morgan fingerprint density at radius 1 is 1.33 bits per heavy atom. The van der Waals surface area contributed by atoms with Crippen molar-refractivity contribution in [1.29, 1.82) is 5.26 Å². The number of nitriles is 1. The van der Waals surface area contributed by atoms with E-state index in [0.29, 0.717) is 11.3 Å². The van der Waals surface area contributed by atoms with Gasteiger partial charge in [0, 0.05) is 19.5 Å². The summed E-state index contributed by atoms with van der Waals surface area (Å²) in [5.41, 5.74) is 7.41. The Hall–Kier alpha value is -3.99. The number of amides is 2. The van der Waals surface area contributed by atoms with Crippen molar-refractivity contribution < 1.29 is 14.0 Å². The number of halogens is 1. The fourth-order valence-electron chi connectivity index (χ4n) is 3.21. The summed E-state index contributed by atoms with van der Waals surface area (Å²) in [5.74, 6) is -1.43. The normalized spacial score (nSPS) is 15.3. The summed E-state index contributed by atoms with van der Waals surface area (Å²) in [6.45, 7) is 4.20. The SMILES string of the molecule is C=CCN(Cc1cccc(C#N)c1)C(=O)C1=NN(c2ccc(F)cc2)C(C(N)=O)C1. The molecule has 1 atom stereocenters. The van der Waals surface area contributed by atoms with E-state index in [1.807, 2.05) is 6.07 Å². The van der Waals surface area contributed by atoms with Crippen LogP contribution in [0.1, 0.15) is 17.5 Å². The van der Waals surface area contributed by atoms with E-state index in [9.17, 15) is 14.0 Å². The van der Waals surface area contributed by atoms with Crippen LogP contribution in [0.5, 0.6) is 0 Å². The van der Waals surface area contributed by atoms with Gasteiger partial charge in [-0.15, -0.1) is 6.58 Å². The number of carbonyl (C=O) groups excluding carboxylic acids is 2. The van der Waals surface area contributed by atoms with Crippen LogP contribution in [-0.4, -0.2) is 35.0 Å². The molecule has 1 unspecified atom stereocenters. The highest BCUT2D eigenvalue weighted by Gasteiger charge is 2.36. The van der Waals surface area contributed by atoms with Crippen molar-refractivity contribution in [2.75, 3.05) is 11.6 Å². The average molecular weight is 405 g/mol. The predicted molar refractivity (Wildman–Crippen MR) is 111 cm³/mol. The molecule has 2 amide bonds. The van der Waals surface area contributed by atoms with Gasteiger partial charge in [-0.05, 0) is 42.0 Å². The maximum atomic E-state index is 13.2. The minimum Gasteiger partial charge on any atom is -0.368 e. The molecule has 1 aliphatic rings. The molecule has 8 heteroatoms. The fraction of sp³-hybridized carbons (Fsp3) is 0.182. The molecule has 1 aliphatic heterocycles. The molecule has 3 rings (SSSR count). The van der Waals surface area contributed by atoms with E-state index in [1.165, 1.54) is 34.2 Å². The second-order valence-electron chi connectivity index (χ2n) is 6.78. The number of primary amides is 1. The van der Waals surface area contributed by atoms with Crippen molar-refractivity contribution >= 4 is 23.2 Å². The van der Waals surface area contributed by atoms with Gasteiger partial charge in [0.2, 0.25) is 5.91 Å². The Morgan fingerprint density at radius 2 is 2.07 bits per heavy atom. The van der Waals surface area contributed by atoms with Crippen LogP contribution < -0.4 is 10.7 Å². The van der Waals surface area contributed by atoms with Crippen molar-refractivity contribution in [2.45, 2.75) is 19.0 Å². The summed E-state index contributed by atoms with van der Waals surface area (Å²) >= 11 is 0. The molecule has 152 valence electrons. The van der Waals surface area contributed by atoms with Crippen molar-refractivity contribution in [3.8, 4) is 6.07 Å². The Bertz CT molecular complexity index is 1040. The number of benzene rings is 2. The summed E-state index contributed by atoms with van der Waals surface area (Å²) < 4.78 is 13.2. The lowest BCUT2D eigenvalue weighted by atomic mass is 10.1. The first-order valence-electron chi connectivity index (χ1n) is 9.23. The molecule has 0 fully saturated rings. The molecule has 7 nitrogen and oxygen atoms in total. The molecule has 0 aromatic heterocycles. The lowest BCUT2D eigenvalue weighted by Crippen LogP contribution is -2.40. The number of hydrazone groups is 1. The maximum absolute atomic E-state index is 13.2. The molecule has 2 aromatic rings. The van der Waals surface area contributed by atoms with Gasteiger partial charge < -0.3 is 10.6 Å². The number of nitrogens with zero attached hydrogens (tertiary/aromatic N) is 4. The molecule has 30 heavy (non-hydrogen) atoms. The molecule has 2 aromatic carbocycles. The Labute approximate surface area is 173 Å². The average Bonchev–Trinajstić information content (AvgIpc) is 3.19. The van der Waals surface area contributed by atoms with Crippen LogP contribution in [0, 0.1) is 17.1 Å². The number of hydrogen-bond donors (Lipinski definition) is 1. The molecular formula is C22H20FN5O2. The van der Waals surface area contributed by atoms with Crippen LogP contribution >= 0.6 is 0 Å². The molecule has 2 N–H and O–H groups in total. The smallest absolute Gasteiger partial charge is 0.270 e. The molecule has 0 saturated heterocycles. The lowest BCUT2D eigenvalue weighted by Gasteiger charge is -2.21. The summed E-state index contributed by atoms with van der Waals surface area (Å²) in [7, 11) is 0. The first-order valence-corrected chi connectivity index (χ1v) is 9.23. The maximum Gasteiger partial charge on any atom is 0.270 e.